The number of rotatable bonds is 2. The van der Waals surface area contributed by atoms with Crippen LogP contribution in [0.25, 0.3) is 0 Å². The highest BCUT2D eigenvalue weighted by molar-refractivity contribution is 5.77. The van der Waals surface area contributed by atoms with Crippen molar-refractivity contribution >= 4 is 5.97 Å². The summed E-state index contributed by atoms with van der Waals surface area (Å²) in [4.78, 5) is 12.9. The van der Waals surface area contributed by atoms with Crippen LogP contribution >= 0.6 is 0 Å². The first kappa shape index (κ1) is 10.5. The lowest BCUT2D eigenvalue weighted by molar-refractivity contribution is -0.150. The van der Waals surface area contributed by atoms with Gasteiger partial charge < -0.3 is 10.8 Å². The Hall–Kier alpha value is -0.610. The van der Waals surface area contributed by atoms with E-state index in [0.29, 0.717) is 0 Å². The third kappa shape index (κ3) is 2.19. The van der Waals surface area contributed by atoms with Gasteiger partial charge in [0.25, 0.3) is 0 Å². The Morgan fingerprint density at radius 3 is 2.31 bits per heavy atom. The van der Waals surface area contributed by atoms with Gasteiger partial charge in [0.2, 0.25) is 0 Å². The molecule has 1 aliphatic heterocycles. The zero-order chi connectivity index (χ0) is 10.1. The van der Waals surface area contributed by atoms with Gasteiger partial charge in [-0.15, -0.1) is 0 Å². The Morgan fingerprint density at radius 2 is 1.92 bits per heavy atom. The molecule has 0 radical (unpaired) electrons. The molecule has 1 fully saturated rings. The van der Waals surface area contributed by atoms with Gasteiger partial charge in [-0.2, -0.15) is 0 Å². The van der Waals surface area contributed by atoms with E-state index in [9.17, 15) is 4.79 Å². The zero-order valence-corrected chi connectivity index (χ0v) is 8.29. The number of likely N-dealkylation sites (tertiary alicyclic amines) is 1. The Bertz CT molecular complexity index is 196. The molecule has 76 valence electrons. The van der Waals surface area contributed by atoms with E-state index in [1.165, 1.54) is 0 Å². The van der Waals surface area contributed by atoms with Gasteiger partial charge in [0.05, 0.1) is 0 Å². The molecule has 1 saturated heterocycles. The maximum atomic E-state index is 10.9. The van der Waals surface area contributed by atoms with Gasteiger partial charge in [0.1, 0.15) is 5.54 Å². The van der Waals surface area contributed by atoms with Crippen molar-refractivity contribution in [1.29, 1.82) is 0 Å². The maximum Gasteiger partial charge on any atom is 0.323 e. The molecule has 0 spiro atoms. The minimum absolute atomic E-state index is 0.251. The van der Waals surface area contributed by atoms with Crippen LogP contribution in [0.15, 0.2) is 0 Å². The third-order valence-corrected chi connectivity index (χ3v) is 2.85. The van der Waals surface area contributed by atoms with Crippen molar-refractivity contribution in [2.24, 2.45) is 5.73 Å². The average molecular weight is 186 g/mol. The predicted molar refractivity (Wildman–Crippen MR) is 50.5 cm³/mol. The second kappa shape index (κ2) is 3.64. The van der Waals surface area contributed by atoms with Crippen molar-refractivity contribution in [3.05, 3.63) is 0 Å². The molecule has 0 saturated carbocycles. The van der Waals surface area contributed by atoms with E-state index in [4.69, 9.17) is 10.8 Å². The average Bonchev–Trinajstić information content (AvgIpc) is 2.04. The quantitative estimate of drug-likeness (QED) is 0.649. The minimum atomic E-state index is -0.761. The molecular formula is C9H18N2O2. The van der Waals surface area contributed by atoms with Crippen LogP contribution in [0.2, 0.25) is 0 Å². The molecular weight excluding hydrogens is 168 g/mol. The smallest absolute Gasteiger partial charge is 0.323 e. The highest BCUT2D eigenvalue weighted by atomic mass is 16.4. The molecule has 4 heteroatoms. The Kier molecular flexibility index (Phi) is 2.93. The highest BCUT2D eigenvalue weighted by Crippen LogP contribution is 2.20. The number of carboxylic acid groups (broad SMARTS) is 1. The number of nitrogens with zero attached hydrogens (tertiary/aromatic N) is 1. The first-order valence-electron chi connectivity index (χ1n) is 4.68. The van der Waals surface area contributed by atoms with Crippen molar-refractivity contribution in [2.45, 2.75) is 38.3 Å². The molecule has 3 N–H and O–H groups in total. The van der Waals surface area contributed by atoms with Gasteiger partial charge in [-0.25, -0.2) is 0 Å². The Labute approximate surface area is 78.7 Å². The summed E-state index contributed by atoms with van der Waals surface area (Å²) in [7, 11) is 0. The van der Waals surface area contributed by atoms with Crippen LogP contribution in [0.4, 0.5) is 0 Å². The molecule has 4 nitrogen and oxygen atoms in total. The molecule has 0 aromatic rings. The van der Waals surface area contributed by atoms with Crippen molar-refractivity contribution in [2.75, 3.05) is 13.1 Å². The van der Waals surface area contributed by atoms with Crippen molar-refractivity contribution in [3.8, 4) is 0 Å². The summed E-state index contributed by atoms with van der Waals surface area (Å²) in [6, 6.07) is 0.251. The van der Waals surface area contributed by atoms with Crippen LogP contribution in [-0.4, -0.2) is 40.6 Å². The van der Waals surface area contributed by atoms with Crippen LogP contribution in [-0.2, 0) is 4.79 Å². The molecule has 0 aliphatic carbocycles. The summed E-state index contributed by atoms with van der Waals surface area (Å²) < 4.78 is 0. The van der Waals surface area contributed by atoms with Crippen LogP contribution < -0.4 is 5.73 Å². The van der Waals surface area contributed by atoms with E-state index < -0.39 is 11.5 Å². The molecule has 0 unspecified atom stereocenters. The van der Waals surface area contributed by atoms with Crippen LogP contribution in [0.3, 0.4) is 0 Å². The van der Waals surface area contributed by atoms with Crippen LogP contribution in [0.5, 0.6) is 0 Å². The van der Waals surface area contributed by atoms with Gasteiger partial charge in [0.15, 0.2) is 0 Å². The number of carbonyl (C=O) groups is 1. The lowest BCUT2D eigenvalue weighted by atomic mass is 9.97. The molecule has 0 amide bonds. The highest BCUT2D eigenvalue weighted by Gasteiger charge is 2.35. The van der Waals surface area contributed by atoms with Crippen molar-refractivity contribution in [3.63, 3.8) is 0 Å². The molecule has 13 heavy (non-hydrogen) atoms. The topological polar surface area (TPSA) is 66.6 Å². The van der Waals surface area contributed by atoms with Gasteiger partial charge in [-0.05, 0) is 26.7 Å². The van der Waals surface area contributed by atoms with Crippen LogP contribution in [0.1, 0.15) is 26.7 Å². The van der Waals surface area contributed by atoms with Gasteiger partial charge >= 0.3 is 5.97 Å². The van der Waals surface area contributed by atoms with Gasteiger partial charge in [-0.3, -0.25) is 9.69 Å². The van der Waals surface area contributed by atoms with E-state index in [1.807, 2.05) is 4.90 Å². The molecule has 0 bridgehead atoms. The Morgan fingerprint density at radius 1 is 1.46 bits per heavy atom. The van der Waals surface area contributed by atoms with E-state index in [0.717, 1.165) is 25.9 Å². The largest absolute Gasteiger partial charge is 0.480 e. The van der Waals surface area contributed by atoms with Gasteiger partial charge in [-0.1, -0.05) is 0 Å². The molecule has 1 heterocycles. The SMILES string of the molecule is CC(C)(C(=O)O)N1CCC(N)CC1. The number of hydrogen-bond acceptors (Lipinski definition) is 3. The molecule has 1 aliphatic rings. The second-order valence-corrected chi connectivity index (χ2v) is 4.19. The fourth-order valence-electron chi connectivity index (χ4n) is 1.59. The van der Waals surface area contributed by atoms with Gasteiger partial charge in [0, 0.05) is 19.1 Å². The molecule has 1 rings (SSSR count). The lowest BCUT2D eigenvalue weighted by Crippen LogP contribution is -2.54. The lowest BCUT2D eigenvalue weighted by Gasteiger charge is -2.39. The maximum absolute atomic E-state index is 10.9. The third-order valence-electron chi connectivity index (χ3n) is 2.85. The summed E-state index contributed by atoms with van der Waals surface area (Å²) in [5.74, 6) is -0.761. The number of piperidine rings is 1. The summed E-state index contributed by atoms with van der Waals surface area (Å²) >= 11 is 0. The monoisotopic (exact) mass is 186 g/mol. The van der Waals surface area contributed by atoms with E-state index in [-0.39, 0.29) is 6.04 Å². The number of carboxylic acids is 1. The summed E-state index contributed by atoms with van der Waals surface area (Å²) in [5, 5.41) is 8.99. The molecule has 0 aromatic carbocycles. The molecule has 0 aromatic heterocycles. The fraction of sp³-hybridized carbons (Fsp3) is 0.889. The first-order chi connectivity index (χ1) is 5.94. The number of hydrogen-bond donors (Lipinski definition) is 2. The Balaban J connectivity index is 2.58. The first-order valence-corrected chi connectivity index (χ1v) is 4.68. The minimum Gasteiger partial charge on any atom is -0.480 e. The summed E-state index contributed by atoms with van der Waals surface area (Å²) in [6.07, 6.45) is 1.80. The normalized spacial score (nSPS) is 21.8. The van der Waals surface area contributed by atoms with E-state index >= 15 is 0 Å². The van der Waals surface area contributed by atoms with Crippen molar-refractivity contribution in [1.82, 2.24) is 4.90 Å². The second-order valence-electron chi connectivity index (χ2n) is 4.19. The predicted octanol–water partition coefficient (Wildman–Crippen LogP) is 0.273. The summed E-state index contributed by atoms with van der Waals surface area (Å²) in [5.41, 5.74) is 4.99. The fourth-order valence-corrected chi connectivity index (χ4v) is 1.59. The standard InChI is InChI=1S/C9H18N2O2/c1-9(2,8(12)13)11-5-3-7(10)4-6-11/h7H,3-6,10H2,1-2H3,(H,12,13). The number of nitrogens with two attached hydrogens (primary N) is 1. The zero-order valence-electron chi connectivity index (χ0n) is 8.29. The van der Waals surface area contributed by atoms with E-state index in [2.05, 4.69) is 0 Å². The summed E-state index contributed by atoms with van der Waals surface area (Å²) in [6.45, 7) is 5.07. The van der Waals surface area contributed by atoms with Crippen molar-refractivity contribution < 1.29 is 9.90 Å². The number of aliphatic carboxylic acids is 1. The van der Waals surface area contributed by atoms with E-state index in [1.54, 1.807) is 13.8 Å². The molecule has 0 atom stereocenters. The van der Waals surface area contributed by atoms with Crippen LogP contribution in [0, 0.1) is 0 Å².